The number of aromatic nitrogens is 3. The van der Waals surface area contributed by atoms with Crippen LogP contribution in [0.15, 0.2) is 23.4 Å². The highest BCUT2D eigenvalue weighted by Gasteiger charge is 2.20. The van der Waals surface area contributed by atoms with Crippen molar-refractivity contribution in [1.82, 2.24) is 14.8 Å². The minimum absolute atomic E-state index is 0.292. The minimum Gasteiger partial charge on any atom is -0.300 e. The topological polar surface area (TPSA) is 90.9 Å². The van der Waals surface area contributed by atoms with Gasteiger partial charge < -0.3 is 0 Å². The van der Waals surface area contributed by atoms with Gasteiger partial charge in [0.2, 0.25) is 0 Å². The summed E-state index contributed by atoms with van der Waals surface area (Å²) in [5.41, 5.74) is 0.519. The smallest absolute Gasteiger partial charge is 0.273 e. The SMILES string of the molecule is Cn1c(-c2ccc(Cl)cc2Cl)nnc1S(N)(=O)=O. The molecule has 9 heteroatoms. The molecule has 0 saturated heterocycles. The zero-order valence-electron chi connectivity index (χ0n) is 9.13. The molecule has 2 aromatic rings. The Balaban J connectivity index is 2.63. The van der Waals surface area contributed by atoms with Crippen LogP contribution in [-0.4, -0.2) is 23.2 Å². The Morgan fingerprint density at radius 1 is 1.28 bits per heavy atom. The normalized spacial score (nSPS) is 11.8. The summed E-state index contributed by atoms with van der Waals surface area (Å²) < 4.78 is 23.7. The number of nitrogens with two attached hydrogens (primary N) is 1. The van der Waals surface area contributed by atoms with Gasteiger partial charge in [-0.05, 0) is 18.2 Å². The molecule has 1 aromatic carbocycles. The first-order chi connectivity index (χ1) is 8.30. The van der Waals surface area contributed by atoms with Gasteiger partial charge in [-0.3, -0.25) is 4.57 Å². The van der Waals surface area contributed by atoms with Crippen LogP contribution in [0.25, 0.3) is 11.4 Å². The molecule has 0 unspecified atom stereocenters. The molecule has 2 N–H and O–H groups in total. The number of benzene rings is 1. The minimum atomic E-state index is -3.92. The zero-order chi connectivity index (χ0) is 13.5. The molecule has 18 heavy (non-hydrogen) atoms. The maximum Gasteiger partial charge on any atom is 0.273 e. The van der Waals surface area contributed by atoms with Gasteiger partial charge in [0.05, 0.1) is 5.02 Å². The Labute approximate surface area is 113 Å². The quantitative estimate of drug-likeness (QED) is 0.908. The van der Waals surface area contributed by atoms with Crippen LogP contribution >= 0.6 is 23.2 Å². The predicted octanol–water partition coefficient (Wildman–Crippen LogP) is 1.44. The van der Waals surface area contributed by atoms with E-state index in [1.807, 2.05) is 0 Å². The molecule has 2 rings (SSSR count). The summed E-state index contributed by atoms with van der Waals surface area (Å²) in [6.45, 7) is 0. The Kier molecular flexibility index (Phi) is 3.33. The summed E-state index contributed by atoms with van der Waals surface area (Å²) in [4.78, 5) is 0. The van der Waals surface area contributed by atoms with Crippen molar-refractivity contribution in [2.24, 2.45) is 12.2 Å². The number of hydrogen-bond acceptors (Lipinski definition) is 4. The molecule has 0 spiro atoms. The lowest BCUT2D eigenvalue weighted by atomic mass is 10.2. The van der Waals surface area contributed by atoms with E-state index in [1.165, 1.54) is 17.7 Å². The van der Waals surface area contributed by atoms with Crippen LogP contribution in [0.5, 0.6) is 0 Å². The van der Waals surface area contributed by atoms with Crippen molar-refractivity contribution in [2.45, 2.75) is 5.16 Å². The zero-order valence-corrected chi connectivity index (χ0v) is 11.5. The van der Waals surface area contributed by atoms with Gasteiger partial charge in [-0.1, -0.05) is 23.2 Å². The maximum absolute atomic E-state index is 11.2. The number of sulfonamides is 1. The van der Waals surface area contributed by atoms with Crippen LogP contribution in [0.2, 0.25) is 10.0 Å². The molecule has 0 aliphatic carbocycles. The fourth-order valence-electron chi connectivity index (χ4n) is 1.47. The summed E-state index contributed by atoms with van der Waals surface area (Å²) in [5, 5.41) is 12.8. The molecular formula is C9H8Cl2N4O2S. The second kappa shape index (κ2) is 4.51. The van der Waals surface area contributed by atoms with Crippen molar-refractivity contribution < 1.29 is 8.42 Å². The van der Waals surface area contributed by atoms with E-state index in [-0.39, 0.29) is 5.16 Å². The molecule has 1 heterocycles. The van der Waals surface area contributed by atoms with Crippen LogP contribution in [-0.2, 0) is 17.1 Å². The first-order valence-electron chi connectivity index (χ1n) is 4.68. The van der Waals surface area contributed by atoms with Crippen LogP contribution in [0.4, 0.5) is 0 Å². The number of rotatable bonds is 2. The van der Waals surface area contributed by atoms with E-state index in [0.717, 1.165) is 0 Å². The van der Waals surface area contributed by atoms with Crippen molar-refractivity contribution in [3.63, 3.8) is 0 Å². The Hall–Kier alpha value is -1.15. The van der Waals surface area contributed by atoms with E-state index in [1.54, 1.807) is 12.1 Å². The van der Waals surface area contributed by atoms with Crippen LogP contribution in [0.3, 0.4) is 0 Å². The highest BCUT2D eigenvalue weighted by molar-refractivity contribution is 7.89. The summed E-state index contributed by atoms with van der Waals surface area (Å²) in [6, 6.07) is 4.78. The molecule has 1 aromatic heterocycles. The van der Waals surface area contributed by atoms with Gasteiger partial charge in [-0.15, -0.1) is 10.2 Å². The highest BCUT2D eigenvalue weighted by atomic mass is 35.5. The first kappa shape index (κ1) is 13.3. The van der Waals surface area contributed by atoms with Gasteiger partial charge in [0.1, 0.15) is 0 Å². The van der Waals surface area contributed by atoms with E-state index in [0.29, 0.717) is 21.4 Å². The third-order valence-corrected chi connectivity index (χ3v) is 3.67. The second-order valence-electron chi connectivity index (χ2n) is 3.53. The molecule has 0 aliphatic heterocycles. The Morgan fingerprint density at radius 3 is 2.44 bits per heavy atom. The van der Waals surface area contributed by atoms with E-state index in [4.69, 9.17) is 28.3 Å². The second-order valence-corrected chi connectivity index (χ2v) is 5.83. The van der Waals surface area contributed by atoms with Crippen molar-refractivity contribution in [3.8, 4) is 11.4 Å². The van der Waals surface area contributed by atoms with Gasteiger partial charge in [-0.25, -0.2) is 13.6 Å². The fraction of sp³-hybridized carbons (Fsp3) is 0.111. The largest absolute Gasteiger partial charge is 0.300 e. The number of nitrogens with zero attached hydrogens (tertiary/aromatic N) is 3. The number of primary sulfonamides is 1. The molecule has 0 aliphatic rings. The van der Waals surface area contributed by atoms with Crippen LogP contribution in [0.1, 0.15) is 0 Å². The highest BCUT2D eigenvalue weighted by Crippen LogP contribution is 2.29. The maximum atomic E-state index is 11.2. The van der Waals surface area contributed by atoms with Gasteiger partial charge in [0, 0.05) is 17.6 Å². The van der Waals surface area contributed by atoms with Gasteiger partial charge in [0.25, 0.3) is 15.2 Å². The summed E-state index contributed by atoms with van der Waals surface area (Å²) in [5.74, 6) is 0.292. The van der Waals surface area contributed by atoms with Crippen LogP contribution < -0.4 is 5.14 Å². The molecule has 0 atom stereocenters. The van der Waals surface area contributed by atoms with Crippen molar-refractivity contribution >= 4 is 33.2 Å². The first-order valence-corrected chi connectivity index (χ1v) is 6.98. The van der Waals surface area contributed by atoms with Crippen molar-refractivity contribution in [2.75, 3.05) is 0 Å². The molecule has 0 bridgehead atoms. The molecule has 6 nitrogen and oxygen atoms in total. The molecule has 96 valence electrons. The standard InChI is InChI=1S/C9H8Cl2N4O2S/c1-15-8(13-14-9(15)18(12,16)17)6-3-2-5(10)4-7(6)11/h2-4H,1H3,(H2,12,16,17). The van der Waals surface area contributed by atoms with E-state index in [2.05, 4.69) is 10.2 Å². The lowest BCUT2D eigenvalue weighted by Crippen LogP contribution is -2.17. The Bertz CT molecular complexity index is 711. The number of halogens is 2. The predicted molar refractivity (Wildman–Crippen MR) is 67.8 cm³/mol. The van der Waals surface area contributed by atoms with Gasteiger partial charge in [0.15, 0.2) is 5.82 Å². The summed E-state index contributed by atoms with van der Waals surface area (Å²) in [7, 11) is -2.44. The summed E-state index contributed by atoms with van der Waals surface area (Å²) >= 11 is 11.8. The monoisotopic (exact) mass is 306 g/mol. The average Bonchev–Trinajstić information content (AvgIpc) is 2.60. The third kappa shape index (κ3) is 2.35. The van der Waals surface area contributed by atoms with Gasteiger partial charge >= 0.3 is 0 Å². The number of hydrogen-bond donors (Lipinski definition) is 1. The molecule has 0 radical (unpaired) electrons. The molecule has 0 fully saturated rings. The lowest BCUT2D eigenvalue weighted by molar-refractivity contribution is 0.580. The summed E-state index contributed by atoms with van der Waals surface area (Å²) in [6.07, 6.45) is 0. The molecule has 0 saturated carbocycles. The van der Waals surface area contributed by atoms with Crippen molar-refractivity contribution in [1.29, 1.82) is 0 Å². The van der Waals surface area contributed by atoms with E-state index >= 15 is 0 Å². The Morgan fingerprint density at radius 2 is 1.94 bits per heavy atom. The molecular weight excluding hydrogens is 299 g/mol. The third-order valence-electron chi connectivity index (χ3n) is 2.26. The van der Waals surface area contributed by atoms with E-state index in [9.17, 15) is 8.42 Å². The molecule has 0 amide bonds. The lowest BCUT2D eigenvalue weighted by Gasteiger charge is -2.04. The fourth-order valence-corrected chi connectivity index (χ4v) is 2.58. The van der Waals surface area contributed by atoms with Crippen LogP contribution in [0, 0.1) is 0 Å². The van der Waals surface area contributed by atoms with Gasteiger partial charge in [-0.2, -0.15) is 0 Å². The van der Waals surface area contributed by atoms with E-state index < -0.39 is 10.0 Å². The van der Waals surface area contributed by atoms with Crippen molar-refractivity contribution in [3.05, 3.63) is 28.2 Å². The average molecular weight is 307 g/mol.